The molecule has 1 heterocycles. The summed E-state index contributed by atoms with van der Waals surface area (Å²) < 4.78 is 0. The summed E-state index contributed by atoms with van der Waals surface area (Å²) in [6.45, 7) is 6.30. The van der Waals surface area contributed by atoms with Gasteiger partial charge in [0.15, 0.2) is 11.6 Å². The zero-order valence-corrected chi connectivity index (χ0v) is 15.5. The highest BCUT2D eigenvalue weighted by Crippen LogP contribution is 2.41. The summed E-state index contributed by atoms with van der Waals surface area (Å²) in [7, 11) is 0. The number of fused-ring (bicyclic) bond motifs is 1. The molecule has 2 aliphatic rings. The highest BCUT2D eigenvalue weighted by Gasteiger charge is 2.44. The van der Waals surface area contributed by atoms with Crippen LogP contribution in [-0.4, -0.2) is 16.6 Å². The molecule has 1 aromatic carbocycles. The van der Waals surface area contributed by atoms with Crippen molar-refractivity contribution in [3.05, 3.63) is 52.0 Å². The van der Waals surface area contributed by atoms with Gasteiger partial charge in [-0.2, -0.15) is 0 Å². The highest BCUT2D eigenvalue weighted by molar-refractivity contribution is 7.15. The average molecular weight is 351 g/mol. The van der Waals surface area contributed by atoms with E-state index in [-0.39, 0.29) is 17.5 Å². The largest absolute Gasteiger partial charge is 0.298 e. The molecule has 0 aliphatic heterocycles. The van der Waals surface area contributed by atoms with E-state index in [4.69, 9.17) is 4.98 Å². The van der Waals surface area contributed by atoms with Crippen LogP contribution in [0.1, 0.15) is 54.7 Å². The van der Waals surface area contributed by atoms with Gasteiger partial charge in [-0.3, -0.25) is 9.59 Å². The first-order valence-corrected chi connectivity index (χ1v) is 9.63. The maximum atomic E-state index is 12.7. The van der Waals surface area contributed by atoms with Crippen LogP contribution in [0, 0.1) is 12.8 Å². The minimum absolute atomic E-state index is 0.0290. The second-order valence-electron chi connectivity index (χ2n) is 7.27. The van der Waals surface area contributed by atoms with E-state index in [2.05, 4.69) is 38.1 Å². The predicted octanol–water partition coefficient (Wildman–Crippen LogP) is 4.81. The van der Waals surface area contributed by atoms with Crippen molar-refractivity contribution in [3.63, 3.8) is 0 Å². The number of ketones is 2. The number of nitrogens with zero attached hydrogens (tertiary/aromatic N) is 1. The second-order valence-corrected chi connectivity index (χ2v) is 8.48. The van der Waals surface area contributed by atoms with Crippen molar-refractivity contribution in [3.8, 4) is 10.6 Å². The second kappa shape index (κ2) is 6.03. The number of hydrogen-bond donors (Lipinski definition) is 0. The lowest BCUT2D eigenvalue weighted by atomic mass is 9.82. The maximum absolute atomic E-state index is 12.7. The number of allylic oxidation sites excluding steroid dienone is 2. The summed E-state index contributed by atoms with van der Waals surface area (Å²) >= 11 is 1.57. The molecule has 0 saturated heterocycles. The Bertz CT molecular complexity index is 889. The SMILES string of the molecule is Cc1sc(-c2ccc(C(C)C)cc2)nc1C1C(=O)C2=C[C@H](CC2)C1=O. The number of thiazole rings is 1. The fourth-order valence-electron chi connectivity index (χ4n) is 3.75. The molecule has 0 N–H and O–H groups in total. The Kier molecular flexibility index (Phi) is 3.95. The number of carbonyl (C=O) groups is 2. The third-order valence-electron chi connectivity index (χ3n) is 5.29. The smallest absolute Gasteiger partial charge is 0.175 e. The van der Waals surface area contributed by atoms with Gasteiger partial charge in [0.2, 0.25) is 0 Å². The quantitative estimate of drug-likeness (QED) is 0.745. The Morgan fingerprint density at radius 2 is 1.88 bits per heavy atom. The molecule has 0 fully saturated rings. The molecule has 3 nitrogen and oxygen atoms in total. The summed E-state index contributed by atoms with van der Waals surface area (Å²) in [6.07, 6.45) is 3.38. The molecule has 1 aromatic heterocycles. The van der Waals surface area contributed by atoms with Crippen LogP contribution in [0.5, 0.6) is 0 Å². The maximum Gasteiger partial charge on any atom is 0.175 e. The molecule has 25 heavy (non-hydrogen) atoms. The fourth-order valence-corrected chi connectivity index (χ4v) is 4.70. The van der Waals surface area contributed by atoms with Crippen molar-refractivity contribution in [1.29, 1.82) is 0 Å². The Morgan fingerprint density at radius 3 is 2.56 bits per heavy atom. The Morgan fingerprint density at radius 1 is 1.16 bits per heavy atom. The number of aryl methyl sites for hydroxylation is 1. The predicted molar refractivity (Wildman–Crippen MR) is 99.9 cm³/mol. The van der Waals surface area contributed by atoms with Crippen LogP contribution in [0.4, 0.5) is 0 Å². The van der Waals surface area contributed by atoms with E-state index >= 15 is 0 Å². The molecule has 0 radical (unpaired) electrons. The minimum Gasteiger partial charge on any atom is -0.298 e. The van der Waals surface area contributed by atoms with E-state index in [1.807, 2.05) is 13.0 Å². The lowest BCUT2D eigenvalue weighted by Crippen LogP contribution is -2.29. The number of carbonyl (C=O) groups excluding carboxylic acids is 2. The van der Waals surface area contributed by atoms with Crippen LogP contribution in [0.15, 0.2) is 35.9 Å². The molecule has 1 unspecified atom stereocenters. The molecule has 128 valence electrons. The van der Waals surface area contributed by atoms with E-state index < -0.39 is 5.92 Å². The molecule has 2 bridgehead atoms. The van der Waals surface area contributed by atoms with Crippen LogP contribution in [-0.2, 0) is 9.59 Å². The summed E-state index contributed by atoms with van der Waals surface area (Å²) in [5.41, 5.74) is 3.82. The Labute approximate surface area is 151 Å². The Hall–Kier alpha value is -2.07. The Balaban J connectivity index is 1.70. The van der Waals surface area contributed by atoms with E-state index in [9.17, 15) is 9.59 Å². The van der Waals surface area contributed by atoms with Gasteiger partial charge in [-0.1, -0.05) is 44.2 Å². The van der Waals surface area contributed by atoms with Crippen molar-refractivity contribution < 1.29 is 9.59 Å². The van der Waals surface area contributed by atoms with Gasteiger partial charge in [-0.25, -0.2) is 4.98 Å². The van der Waals surface area contributed by atoms with Gasteiger partial charge >= 0.3 is 0 Å². The van der Waals surface area contributed by atoms with Crippen LogP contribution in [0.2, 0.25) is 0 Å². The van der Waals surface area contributed by atoms with E-state index in [1.54, 1.807) is 11.3 Å². The molecule has 4 rings (SSSR count). The zero-order valence-electron chi connectivity index (χ0n) is 14.7. The van der Waals surface area contributed by atoms with Gasteiger partial charge in [-0.05, 0) is 36.8 Å². The van der Waals surface area contributed by atoms with Crippen LogP contribution in [0.25, 0.3) is 10.6 Å². The van der Waals surface area contributed by atoms with Crippen molar-refractivity contribution in [2.45, 2.75) is 45.4 Å². The standard InChI is InChI=1S/C21H21NO2S/c1-11(2)13-4-6-14(7-5-13)21-22-18(12(3)25-21)17-19(23)15-8-9-16(10-15)20(17)24/h4-7,10-11,15,17H,8-9H2,1-3H3/t15-,17?/m0/s1. The topological polar surface area (TPSA) is 47.0 Å². The number of Topliss-reactive ketones (excluding diaryl/α,β-unsaturated/α-hetero) is 2. The summed E-state index contributed by atoms with van der Waals surface area (Å²) in [6, 6.07) is 8.40. The molecule has 0 saturated carbocycles. The molecule has 0 amide bonds. The molecule has 0 spiro atoms. The lowest BCUT2D eigenvalue weighted by molar-refractivity contribution is -0.129. The van der Waals surface area contributed by atoms with Gasteiger partial charge < -0.3 is 0 Å². The van der Waals surface area contributed by atoms with Crippen LogP contribution >= 0.6 is 11.3 Å². The third kappa shape index (κ3) is 2.69. The molecular formula is C21H21NO2S. The number of benzene rings is 1. The number of hydrogen-bond acceptors (Lipinski definition) is 4. The zero-order chi connectivity index (χ0) is 17.7. The van der Waals surface area contributed by atoms with Gasteiger partial charge in [0.25, 0.3) is 0 Å². The monoisotopic (exact) mass is 351 g/mol. The van der Waals surface area contributed by atoms with Crippen molar-refractivity contribution in [1.82, 2.24) is 4.98 Å². The highest BCUT2D eigenvalue weighted by atomic mass is 32.1. The number of aromatic nitrogens is 1. The molecule has 2 aliphatic carbocycles. The molecule has 4 heteroatoms. The lowest BCUT2D eigenvalue weighted by Gasteiger charge is -2.19. The first-order valence-electron chi connectivity index (χ1n) is 8.82. The average Bonchev–Trinajstić information content (AvgIpc) is 3.20. The first-order chi connectivity index (χ1) is 12.0. The minimum atomic E-state index is -0.688. The van der Waals surface area contributed by atoms with Crippen molar-refractivity contribution >= 4 is 22.9 Å². The van der Waals surface area contributed by atoms with Crippen LogP contribution < -0.4 is 0 Å². The van der Waals surface area contributed by atoms with Gasteiger partial charge in [0, 0.05) is 16.4 Å². The molecular weight excluding hydrogens is 330 g/mol. The first kappa shape index (κ1) is 16.4. The summed E-state index contributed by atoms with van der Waals surface area (Å²) in [5.74, 6) is -0.293. The van der Waals surface area contributed by atoms with E-state index in [1.165, 1.54) is 5.56 Å². The third-order valence-corrected chi connectivity index (χ3v) is 6.32. The van der Waals surface area contributed by atoms with Gasteiger partial charge in [0.05, 0.1) is 5.69 Å². The molecule has 2 atom stereocenters. The van der Waals surface area contributed by atoms with Crippen LogP contribution in [0.3, 0.4) is 0 Å². The normalized spacial score (nSPS) is 22.6. The van der Waals surface area contributed by atoms with Gasteiger partial charge in [-0.15, -0.1) is 11.3 Å². The van der Waals surface area contributed by atoms with E-state index in [0.29, 0.717) is 11.6 Å². The summed E-state index contributed by atoms with van der Waals surface area (Å²) in [5, 5.41) is 0.885. The molecule has 2 aromatic rings. The fraction of sp³-hybridized carbons (Fsp3) is 0.381. The van der Waals surface area contributed by atoms with Crippen molar-refractivity contribution in [2.24, 2.45) is 5.92 Å². The van der Waals surface area contributed by atoms with Crippen molar-refractivity contribution in [2.75, 3.05) is 0 Å². The van der Waals surface area contributed by atoms with Gasteiger partial charge in [0.1, 0.15) is 10.9 Å². The summed E-state index contributed by atoms with van der Waals surface area (Å²) in [4.78, 5) is 31.1. The number of rotatable bonds is 3. The van der Waals surface area contributed by atoms with E-state index in [0.717, 1.165) is 33.9 Å².